The van der Waals surface area contributed by atoms with Crippen molar-refractivity contribution in [2.24, 2.45) is 0 Å². The maximum Gasteiger partial charge on any atom is 0.308 e. The minimum atomic E-state index is -0.802. The number of hydrogen-bond donors (Lipinski definition) is 1. The molecule has 2 aromatic rings. The summed E-state index contributed by atoms with van der Waals surface area (Å²) >= 11 is 0. The maximum absolute atomic E-state index is 13.2. The maximum atomic E-state index is 13.2. The van der Waals surface area contributed by atoms with Crippen LogP contribution in [-0.4, -0.2) is 47.9 Å². The van der Waals surface area contributed by atoms with Gasteiger partial charge in [0.15, 0.2) is 0 Å². The molecule has 1 N–H and O–H groups in total. The lowest BCUT2D eigenvalue weighted by Crippen LogP contribution is -2.31. The van der Waals surface area contributed by atoms with Crippen LogP contribution in [0.25, 0.3) is 5.76 Å². The Labute approximate surface area is 199 Å². The molecule has 0 saturated carbocycles. The summed E-state index contributed by atoms with van der Waals surface area (Å²) in [4.78, 5) is 39.1. The Morgan fingerprint density at radius 1 is 1.09 bits per heavy atom. The first-order valence-corrected chi connectivity index (χ1v) is 11.6. The zero-order valence-corrected chi connectivity index (χ0v) is 19.5. The number of carbonyl (C=O) groups is 3. The Morgan fingerprint density at radius 2 is 1.85 bits per heavy atom. The number of fused-ring (bicyclic) bond motifs is 1. The Balaban J connectivity index is 1.81. The standard InChI is InChI=1S/C27H29NO6/c1-17(29)34-22-10-5-9-20(16-22)24-23(26(31)27(32)28(24)13-6-14-33-2)25(30)21-12-11-18-7-3-4-8-19(18)15-21/h5,9-12,15-16,24,30H,3-4,6-8,13-14H2,1-2H3/b25-23-. The van der Waals surface area contributed by atoms with Crippen LogP contribution in [0.4, 0.5) is 0 Å². The van der Waals surface area contributed by atoms with Gasteiger partial charge in [-0.15, -0.1) is 0 Å². The van der Waals surface area contributed by atoms with Crippen molar-refractivity contribution in [2.45, 2.75) is 45.1 Å². The number of benzene rings is 2. The Hall–Kier alpha value is -3.45. The largest absolute Gasteiger partial charge is 0.507 e. The van der Waals surface area contributed by atoms with Gasteiger partial charge in [-0.25, -0.2) is 0 Å². The molecule has 1 heterocycles. The van der Waals surface area contributed by atoms with Crippen LogP contribution in [0.15, 0.2) is 48.0 Å². The third-order valence-electron chi connectivity index (χ3n) is 6.34. The molecule has 178 valence electrons. The summed E-state index contributed by atoms with van der Waals surface area (Å²) in [6, 6.07) is 11.6. The van der Waals surface area contributed by atoms with Crippen LogP contribution >= 0.6 is 0 Å². The molecule has 7 nitrogen and oxygen atoms in total. The van der Waals surface area contributed by atoms with E-state index < -0.39 is 23.7 Å². The van der Waals surface area contributed by atoms with Gasteiger partial charge in [0.05, 0.1) is 11.6 Å². The molecule has 0 aromatic heterocycles. The number of Topliss-reactive ketones (excluding diaryl/α,β-unsaturated/α-hetero) is 1. The summed E-state index contributed by atoms with van der Waals surface area (Å²) in [5, 5.41) is 11.3. The highest BCUT2D eigenvalue weighted by Crippen LogP contribution is 2.40. The average molecular weight is 464 g/mol. The average Bonchev–Trinajstić information content (AvgIpc) is 3.08. The van der Waals surface area contributed by atoms with E-state index in [1.54, 1.807) is 31.4 Å². The number of ketones is 1. The molecular formula is C27H29NO6. The van der Waals surface area contributed by atoms with E-state index in [0.717, 1.165) is 31.2 Å². The fourth-order valence-electron chi connectivity index (χ4n) is 4.79. The van der Waals surface area contributed by atoms with Gasteiger partial charge < -0.3 is 19.5 Å². The topological polar surface area (TPSA) is 93.1 Å². The zero-order valence-electron chi connectivity index (χ0n) is 19.5. The first-order chi connectivity index (χ1) is 16.4. The molecule has 0 radical (unpaired) electrons. The minimum absolute atomic E-state index is 0.0400. The number of nitrogens with zero attached hydrogens (tertiary/aromatic N) is 1. The van der Waals surface area contributed by atoms with E-state index >= 15 is 0 Å². The molecular weight excluding hydrogens is 434 g/mol. The number of aliphatic hydroxyl groups excluding tert-OH is 1. The van der Waals surface area contributed by atoms with Crippen LogP contribution in [-0.2, 0) is 32.0 Å². The summed E-state index contributed by atoms with van der Waals surface area (Å²) in [7, 11) is 1.57. The van der Waals surface area contributed by atoms with E-state index in [1.807, 2.05) is 18.2 Å². The number of likely N-dealkylation sites (tertiary alicyclic amines) is 1. The fraction of sp³-hybridized carbons (Fsp3) is 0.370. The van der Waals surface area contributed by atoms with E-state index in [-0.39, 0.29) is 17.9 Å². The van der Waals surface area contributed by atoms with Crippen LogP contribution in [0.1, 0.15) is 54.5 Å². The van der Waals surface area contributed by atoms with Gasteiger partial charge in [-0.3, -0.25) is 14.4 Å². The van der Waals surface area contributed by atoms with Crippen LogP contribution in [0.5, 0.6) is 5.75 Å². The van der Waals surface area contributed by atoms with Crippen LogP contribution < -0.4 is 4.74 Å². The Morgan fingerprint density at radius 3 is 2.59 bits per heavy atom. The van der Waals surface area contributed by atoms with Gasteiger partial charge in [-0.05, 0) is 67.0 Å². The van der Waals surface area contributed by atoms with Gasteiger partial charge in [0, 0.05) is 32.7 Å². The number of amides is 1. The second-order valence-corrected chi connectivity index (χ2v) is 8.70. The quantitative estimate of drug-likeness (QED) is 0.167. The molecule has 2 aromatic carbocycles. The van der Waals surface area contributed by atoms with Gasteiger partial charge in [0.25, 0.3) is 11.7 Å². The molecule has 1 unspecified atom stereocenters. The van der Waals surface area contributed by atoms with Crippen LogP contribution in [0, 0.1) is 0 Å². The smallest absolute Gasteiger partial charge is 0.308 e. The second kappa shape index (κ2) is 10.2. The summed E-state index contributed by atoms with van der Waals surface area (Å²) in [5.74, 6) is -1.75. The van der Waals surface area contributed by atoms with Crippen LogP contribution in [0.2, 0.25) is 0 Å². The van der Waals surface area contributed by atoms with Crippen molar-refractivity contribution in [3.63, 3.8) is 0 Å². The number of methoxy groups -OCH3 is 1. The number of aryl methyl sites for hydroxylation is 2. The number of rotatable bonds is 7. The number of hydrogen-bond acceptors (Lipinski definition) is 6. The Kier molecular flexibility index (Phi) is 7.12. The van der Waals surface area contributed by atoms with Crippen molar-refractivity contribution in [1.29, 1.82) is 0 Å². The summed E-state index contributed by atoms with van der Waals surface area (Å²) in [6.45, 7) is 2.01. The predicted molar refractivity (Wildman–Crippen MR) is 126 cm³/mol. The van der Waals surface area contributed by atoms with Crippen molar-refractivity contribution in [1.82, 2.24) is 4.90 Å². The first-order valence-electron chi connectivity index (χ1n) is 11.6. The number of esters is 1. The fourth-order valence-corrected chi connectivity index (χ4v) is 4.79. The highest BCUT2D eigenvalue weighted by Gasteiger charge is 2.46. The molecule has 1 amide bonds. The third kappa shape index (κ3) is 4.75. The second-order valence-electron chi connectivity index (χ2n) is 8.70. The summed E-state index contributed by atoms with van der Waals surface area (Å²) in [5.41, 5.74) is 3.57. The number of carbonyl (C=O) groups excluding carboxylic acids is 3. The van der Waals surface area contributed by atoms with Gasteiger partial charge in [0.1, 0.15) is 11.5 Å². The van der Waals surface area contributed by atoms with Crippen molar-refractivity contribution in [3.8, 4) is 5.75 Å². The summed E-state index contributed by atoms with van der Waals surface area (Å²) < 4.78 is 10.3. The third-order valence-corrected chi connectivity index (χ3v) is 6.34. The van der Waals surface area contributed by atoms with Crippen molar-refractivity contribution in [2.75, 3.05) is 20.3 Å². The molecule has 34 heavy (non-hydrogen) atoms. The highest BCUT2D eigenvalue weighted by atomic mass is 16.5. The van der Waals surface area contributed by atoms with E-state index in [1.165, 1.54) is 17.4 Å². The number of aliphatic hydroxyl groups is 1. The molecule has 7 heteroatoms. The normalized spacial score (nSPS) is 19.2. The molecule has 1 saturated heterocycles. The SMILES string of the molecule is COCCCN1C(=O)C(=O)/C(=C(\O)c2ccc3c(c2)CCCC3)C1c1cccc(OC(C)=O)c1. The van der Waals surface area contributed by atoms with Gasteiger partial charge in [0.2, 0.25) is 0 Å². The monoisotopic (exact) mass is 463 g/mol. The first kappa shape index (κ1) is 23.7. The van der Waals surface area contributed by atoms with E-state index in [4.69, 9.17) is 9.47 Å². The Bertz CT molecular complexity index is 1150. The van der Waals surface area contributed by atoms with E-state index in [2.05, 4.69) is 0 Å². The lowest BCUT2D eigenvalue weighted by molar-refractivity contribution is -0.140. The van der Waals surface area contributed by atoms with Crippen molar-refractivity contribution in [3.05, 3.63) is 70.3 Å². The molecule has 1 aliphatic heterocycles. The molecule has 4 rings (SSSR count). The van der Waals surface area contributed by atoms with Gasteiger partial charge >= 0.3 is 5.97 Å². The lowest BCUT2D eigenvalue weighted by atomic mass is 9.88. The molecule has 1 atom stereocenters. The zero-order chi connectivity index (χ0) is 24.2. The minimum Gasteiger partial charge on any atom is -0.507 e. The lowest BCUT2D eigenvalue weighted by Gasteiger charge is -2.25. The van der Waals surface area contributed by atoms with Crippen LogP contribution in [0.3, 0.4) is 0 Å². The van der Waals surface area contributed by atoms with E-state index in [9.17, 15) is 19.5 Å². The van der Waals surface area contributed by atoms with E-state index in [0.29, 0.717) is 29.9 Å². The molecule has 0 bridgehead atoms. The highest BCUT2D eigenvalue weighted by molar-refractivity contribution is 6.46. The molecule has 1 aliphatic carbocycles. The van der Waals surface area contributed by atoms with Crippen molar-refractivity contribution >= 4 is 23.4 Å². The van der Waals surface area contributed by atoms with Crippen molar-refractivity contribution < 1.29 is 29.0 Å². The van der Waals surface area contributed by atoms with Gasteiger partial charge in [-0.2, -0.15) is 0 Å². The predicted octanol–water partition coefficient (Wildman–Crippen LogP) is 3.95. The molecule has 0 spiro atoms. The number of ether oxygens (including phenoxy) is 2. The molecule has 2 aliphatic rings. The molecule has 1 fully saturated rings. The van der Waals surface area contributed by atoms with Gasteiger partial charge in [-0.1, -0.05) is 24.3 Å². The summed E-state index contributed by atoms with van der Waals surface area (Å²) in [6.07, 6.45) is 4.69.